The predicted octanol–water partition coefficient (Wildman–Crippen LogP) is 2.69. The van der Waals surface area contributed by atoms with E-state index in [0.29, 0.717) is 6.04 Å². The van der Waals surface area contributed by atoms with E-state index in [1.54, 1.807) is 0 Å². The molecule has 1 saturated heterocycles. The van der Waals surface area contributed by atoms with Crippen molar-refractivity contribution in [1.29, 1.82) is 0 Å². The Labute approximate surface area is 182 Å². The summed E-state index contributed by atoms with van der Waals surface area (Å²) in [6.45, 7) is 6.18. The molecule has 1 aromatic carbocycles. The highest BCUT2D eigenvalue weighted by Gasteiger charge is 2.27. The molecule has 3 aliphatic rings. The van der Waals surface area contributed by atoms with Gasteiger partial charge in [-0.05, 0) is 63.4 Å². The number of hydrogen-bond donors (Lipinski definition) is 3. The molecule has 31 heavy (non-hydrogen) atoms. The minimum Gasteiger partial charge on any atom is -0.377 e. The van der Waals surface area contributed by atoms with Crippen molar-refractivity contribution in [3.8, 4) is 11.4 Å². The fourth-order valence-corrected chi connectivity index (χ4v) is 4.36. The number of hydrogen-bond acceptors (Lipinski definition) is 6. The first-order valence-corrected chi connectivity index (χ1v) is 11.3. The molecular formula is C23H30N6O2. The van der Waals surface area contributed by atoms with Gasteiger partial charge in [0.15, 0.2) is 5.82 Å². The molecule has 1 atom stereocenters. The maximum Gasteiger partial charge on any atom is 0.319 e. The van der Waals surface area contributed by atoms with E-state index >= 15 is 0 Å². The molecule has 2 aliphatic heterocycles. The van der Waals surface area contributed by atoms with Crippen molar-refractivity contribution in [1.82, 2.24) is 20.6 Å². The molecule has 0 unspecified atom stereocenters. The highest BCUT2D eigenvalue weighted by molar-refractivity contribution is 5.89. The van der Waals surface area contributed by atoms with Crippen LogP contribution in [0.3, 0.4) is 0 Å². The maximum absolute atomic E-state index is 12.1. The number of nitrogens with zero attached hydrogens (tertiary/aromatic N) is 3. The fourth-order valence-electron chi connectivity index (χ4n) is 4.36. The zero-order valence-corrected chi connectivity index (χ0v) is 18.0. The Hall–Kier alpha value is -2.71. The van der Waals surface area contributed by atoms with E-state index in [9.17, 15) is 4.79 Å². The lowest BCUT2D eigenvalue weighted by atomic mass is 9.93. The Bertz CT molecular complexity index is 944. The Morgan fingerprint density at radius 2 is 2.06 bits per heavy atom. The van der Waals surface area contributed by atoms with Crippen molar-refractivity contribution >= 4 is 17.5 Å². The van der Waals surface area contributed by atoms with Gasteiger partial charge in [-0.1, -0.05) is 0 Å². The number of carbonyl (C=O) groups is 1. The summed E-state index contributed by atoms with van der Waals surface area (Å²) in [5, 5.41) is 9.34. The molecule has 164 valence electrons. The Morgan fingerprint density at radius 3 is 2.81 bits per heavy atom. The van der Waals surface area contributed by atoms with Gasteiger partial charge in [0, 0.05) is 35.9 Å². The van der Waals surface area contributed by atoms with Gasteiger partial charge < -0.3 is 25.6 Å². The Morgan fingerprint density at radius 1 is 1.23 bits per heavy atom. The molecule has 8 nitrogen and oxygen atoms in total. The largest absolute Gasteiger partial charge is 0.377 e. The summed E-state index contributed by atoms with van der Waals surface area (Å²) in [4.78, 5) is 24.4. The second-order valence-corrected chi connectivity index (χ2v) is 8.64. The van der Waals surface area contributed by atoms with Crippen LogP contribution in [-0.4, -0.2) is 54.4 Å². The molecular weight excluding hydrogens is 392 g/mol. The number of carbonyl (C=O) groups excluding carboxylic acids is 1. The van der Waals surface area contributed by atoms with Gasteiger partial charge in [0.1, 0.15) is 5.82 Å². The number of urea groups is 1. The number of amides is 2. The summed E-state index contributed by atoms with van der Waals surface area (Å²) in [5.41, 5.74) is 4.04. The van der Waals surface area contributed by atoms with E-state index in [4.69, 9.17) is 14.7 Å². The fraction of sp³-hybridized carbons (Fsp3) is 0.522. The predicted molar refractivity (Wildman–Crippen MR) is 120 cm³/mol. The van der Waals surface area contributed by atoms with Crippen molar-refractivity contribution in [2.45, 2.75) is 51.2 Å². The number of morpholine rings is 1. The summed E-state index contributed by atoms with van der Waals surface area (Å²) in [6, 6.07) is 8.24. The van der Waals surface area contributed by atoms with Crippen LogP contribution >= 0.6 is 0 Å². The maximum atomic E-state index is 12.1. The van der Waals surface area contributed by atoms with Gasteiger partial charge in [-0.2, -0.15) is 0 Å². The lowest BCUT2D eigenvalue weighted by molar-refractivity contribution is 0.0984. The molecule has 0 bridgehead atoms. The first-order chi connectivity index (χ1) is 15.2. The summed E-state index contributed by atoms with van der Waals surface area (Å²) in [7, 11) is 0. The van der Waals surface area contributed by atoms with Crippen LogP contribution in [0.2, 0.25) is 0 Å². The minimum absolute atomic E-state index is 0.142. The third-order valence-corrected chi connectivity index (χ3v) is 6.40. The van der Waals surface area contributed by atoms with Crippen molar-refractivity contribution < 1.29 is 9.53 Å². The standard InChI is InChI=1S/C23H30N6O2/c1-15-14-31-12-11-29(15)22-19-9-10-24-13-20(19)27-21(28-22)16-5-7-18(8-6-16)26-23(30)25-17-3-2-4-17/h5-8,15,17,24H,2-4,9-14H2,1H3,(H2,25,26,30)/t15-/m0/s1. The molecule has 1 aromatic heterocycles. The summed E-state index contributed by atoms with van der Waals surface area (Å²) in [5.74, 6) is 1.76. The lowest BCUT2D eigenvalue weighted by Crippen LogP contribution is -2.45. The van der Waals surface area contributed by atoms with Gasteiger partial charge in [-0.25, -0.2) is 14.8 Å². The first-order valence-electron chi connectivity index (χ1n) is 11.3. The second-order valence-electron chi connectivity index (χ2n) is 8.64. The molecule has 5 rings (SSSR count). The lowest BCUT2D eigenvalue weighted by Gasteiger charge is -2.36. The molecule has 1 aliphatic carbocycles. The number of nitrogens with one attached hydrogen (secondary N) is 3. The summed E-state index contributed by atoms with van der Waals surface area (Å²) >= 11 is 0. The van der Waals surface area contributed by atoms with E-state index in [2.05, 4.69) is 27.8 Å². The molecule has 2 fully saturated rings. The van der Waals surface area contributed by atoms with Crippen molar-refractivity contribution in [3.63, 3.8) is 0 Å². The van der Waals surface area contributed by atoms with E-state index in [-0.39, 0.29) is 12.1 Å². The highest BCUT2D eigenvalue weighted by atomic mass is 16.5. The van der Waals surface area contributed by atoms with Crippen LogP contribution in [0.5, 0.6) is 0 Å². The molecule has 3 N–H and O–H groups in total. The van der Waals surface area contributed by atoms with Crippen LogP contribution < -0.4 is 20.9 Å². The van der Waals surface area contributed by atoms with Gasteiger partial charge in [0.25, 0.3) is 0 Å². The molecule has 2 aromatic rings. The number of fused-ring (bicyclic) bond motifs is 1. The number of aromatic nitrogens is 2. The zero-order valence-electron chi connectivity index (χ0n) is 18.0. The molecule has 2 amide bonds. The van der Waals surface area contributed by atoms with Gasteiger partial charge >= 0.3 is 6.03 Å². The van der Waals surface area contributed by atoms with Crippen molar-refractivity contribution in [2.24, 2.45) is 0 Å². The van der Waals surface area contributed by atoms with Crippen LogP contribution in [0.15, 0.2) is 24.3 Å². The van der Waals surface area contributed by atoms with Gasteiger partial charge in [-0.15, -0.1) is 0 Å². The first kappa shape index (κ1) is 20.2. The topological polar surface area (TPSA) is 91.4 Å². The zero-order chi connectivity index (χ0) is 21.2. The smallest absolute Gasteiger partial charge is 0.319 e. The monoisotopic (exact) mass is 422 g/mol. The van der Waals surface area contributed by atoms with Gasteiger partial charge in [-0.3, -0.25) is 0 Å². The van der Waals surface area contributed by atoms with Crippen LogP contribution in [0, 0.1) is 0 Å². The number of rotatable bonds is 4. The van der Waals surface area contributed by atoms with Crippen molar-refractivity contribution in [3.05, 3.63) is 35.5 Å². The third kappa shape index (κ3) is 4.36. The van der Waals surface area contributed by atoms with E-state index in [0.717, 1.165) is 80.7 Å². The second kappa shape index (κ2) is 8.80. The van der Waals surface area contributed by atoms with E-state index in [1.165, 1.54) is 12.0 Å². The quantitative estimate of drug-likeness (QED) is 0.702. The Kier molecular flexibility index (Phi) is 5.74. The average molecular weight is 423 g/mol. The molecule has 3 heterocycles. The van der Waals surface area contributed by atoms with Gasteiger partial charge in [0.2, 0.25) is 0 Å². The van der Waals surface area contributed by atoms with Crippen LogP contribution in [0.1, 0.15) is 37.4 Å². The van der Waals surface area contributed by atoms with Crippen LogP contribution in [-0.2, 0) is 17.7 Å². The third-order valence-electron chi connectivity index (χ3n) is 6.40. The van der Waals surface area contributed by atoms with E-state index < -0.39 is 0 Å². The highest BCUT2D eigenvalue weighted by Crippen LogP contribution is 2.30. The Balaban J connectivity index is 1.39. The molecule has 0 radical (unpaired) electrons. The van der Waals surface area contributed by atoms with Crippen LogP contribution in [0.4, 0.5) is 16.3 Å². The molecule has 8 heteroatoms. The number of anilines is 2. The number of ether oxygens (including phenoxy) is 1. The number of benzene rings is 1. The molecule has 0 spiro atoms. The summed E-state index contributed by atoms with van der Waals surface area (Å²) < 4.78 is 5.63. The SMILES string of the molecule is C[C@H]1COCCN1c1nc(-c2ccc(NC(=O)NC3CCC3)cc2)nc2c1CCNC2. The molecule has 1 saturated carbocycles. The average Bonchev–Trinajstić information content (AvgIpc) is 2.76. The van der Waals surface area contributed by atoms with Crippen molar-refractivity contribution in [2.75, 3.05) is 36.5 Å². The van der Waals surface area contributed by atoms with Crippen LogP contribution in [0.25, 0.3) is 11.4 Å². The minimum atomic E-state index is -0.142. The van der Waals surface area contributed by atoms with E-state index in [1.807, 2.05) is 24.3 Å². The normalized spacial score (nSPS) is 21.2. The van der Waals surface area contributed by atoms with Gasteiger partial charge in [0.05, 0.1) is 24.9 Å². The summed E-state index contributed by atoms with van der Waals surface area (Å²) in [6.07, 6.45) is 4.27.